The van der Waals surface area contributed by atoms with Crippen LogP contribution in [0.1, 0.15) is 55.6 Å². The number of carbonyl (C=O) groups is 1. The van der Waals surface area contributed by atoms with Gasteiger partial charge >= 0.3 is 5.97 Å². The molecule has 7 heteroatoms. The van der Waals surface area contributed by atoms with Gasteiger partial charge in [-0.25, -0.2) is 4.79 Å². The lowest BCUT2D eigenvalue weighted by atomic mass is 9.87. The minimum absolute atomic E-state index is 0.0150. The first-order valence-electron chi connectivity index (χ1n) is 9.60. The highest BCUT2D eigenvalue weighted by atomic mass is 16.4. The van der Waals surface area contributed by atoms with Crippen LogP contribution in [0.3, 0.4) is 0 Å². The number of aromatic nitrogens is 1. The zero-order valence-electron chi connectivity index (χ0n) is 17.5. The van der Waals surface area contributed by atoms with Crippen molar-refractivity contribution in [1.82, 2.24) is 4.98 Å². The van der Waals surface area contributed by atoms with E-state index in [2.05, 4.69) is 4.98 Å². The fourth-order valence-corrected chi connectivity index (χ4v) is 3.08. The lowest BCUT2D eigenvalue weighted by molar-refractivity contribution is 0.0694. The minimum atomic E-state index is -1.25. The molecule has 0 atom stereocenters. The van der Waals surface area contributed by atoms with Crippen molar-refractivity contribution in [2.24, 2.45) is 0 Å². The first-order chi connectivity index (χ1) is 14.0. The molecule has 3 aromatic rings. The molecule has 0 fully saturated rings. The number of phenols is 3. The van der Waals surface area contributed by atoms with E-state index >= 15 is 0 Å². The van der Waals surface area contributed by atoms with Crippen LogP contribution in [0.15, 0.2) is 41.2 Å². The number of aromatic amines is 1. The Morgan fingerprint density at radius 2 is 1.67 bits per heavy atom. The monoisotopic (exact) mass is 413 g/mol. The second kappa shape index (κ2) is 8.90. The number of benzene rings is 2. The van der Waals surface area contributed by atoms with Gasteiger partial charge in [0.05, 0.1) is 5.56 Å². The Morgan fingerprint density at radius 3 is 2.23 bits per heavy atom. The van der Waals surface area contributed by atoms with Crippen LogP contribution in [0.5, 0.6) is 17.2 Å². The summed E-state index contributed by atoms with van der Waals surface area (Å²) in [5, 5.41) is 37.8. The highest BCUT2D eigenvalue weighted by Crippen LogP contribution is 2.40. The topological polar surface area (TPSA) is 131 Å². The van der Waals surface area contributed by atoms with Crippen LogP contribution >= 0.6 is 0 Å². The smallest absolute Gasteiger partial charge is 0.336 e. The van der Waals surface area contributed by atoms with Crippen molar-refractivity contribution in [3.63, 3.8) is 0 Å². The van der Waals surface area contributed by atoms with Crippen LogP contribution in [0.4, 0.5) is 0 Å². The van der Waals surface area contributed by atoms with E-state index in [0.29, 0.717) is 12.8 Å². The summed E-state index contributed by atoms with van der Waals surface area (Å²) in [5.41, 5.74) is 1.58. The van der Waals surface area contributed by atoms with E-state index in [1.54, 1.807) is 0 Å². The molecular formula is C23H27NO6. The number of rotatable bonds is 3. The Labute approximate surface area is 174 Å². The van der Waals surface area contributed by atoms with Crippen molar-refractivity contribution in [3.05, 3.63) is 63.4 Å². The van der Waals surface area contributed by atoms with E-state index in [9.17, 15) is 19.8 Å². The molecule has 0 saturated carbocycles. The molecule has 0 amide bonds. The highest BCUT2D eigenvalue weighted by molar-refractivity contribution is 5.91. The molecular weight excluding hydrogens is 386 g/mol. The summed E-state index contributed by atoms with van der Waals surface area (Å²) in [4.78, 5) is 25.5. The summed E-state index contributed by atoms with van der Waals surface area (Å²) in [6.45, 7) is 7.96. The van der Waals surface area contributed by atoms with Crippen molar-refractivity contribution in [2.75, 3.05) is 0 Å². The maximum absolute atomic E-state index is 11.8. The molecule has 0 radical (unpaired) electrons. The molecule has 1 heterocycles. The number of hydrogen-bond donors (Lipinski definition) is 5. The maximum Gasteiger partial charge on any atom is 0.336 e. The molecule has 0 aliphatic carbocycles. The number of H-pyrrole nitrogens is 1. The van der Waals surface area contributed by atoms with Gasteiger partial charge in [-0.1, -0.05) is 52.3 Å². The van der Waals surface area contributed by atoms with Crippen molar-refractivity contribution in [1.29, 1.82) is 0 Å². The van der Waals surface area contributed by atoms with Gasteiger partial charge in [-0.3, -0.25) is 4.79 Å². The van der Waals surface area contributed by atoms with Gasteiger partial charge in [0.15, 0.2) is 11.5 Å². The number of pyridine rings is 1. The van der Waals surface area contributed by atoms with Crippen molar-refractivity contribution >= 4 is 16.9 Å². The molecule has 3 rings (SSSR count). The van der Waals surface area contributed by atoms with E-state index in [1.807, 2.05) is 58.0 Å². The molecule has 30 heavy (non-hydrogen) atoms. The number of para-hydroxylation sites is 1. The Bertz CT molecular complexity index is 1120. The van der Waals surface area contributed by atoms with Gasteiger partial charge in [0.1, 0.15) is 0 Å². The normalized spacial score (nSPS) is 11.1. The van der Waals surface area contributed by atoms with Crippen LogP contribution in [0.25, 0.3) is 10.9 Å². The number of fused-ring (bicyclic) bond motifs is 1. The van der Waals surface area contributed by atoms with Crippen LogP contribution < -0.4 is 5.56 Å². The third kappa shape index (κ3) is 4.92. The Kier molecular flexibility index (Phi) is 6.77. The molecule has 7 nitrogen and oxygen atoms in total. The standard InChI is InChI=1S/C13H15NO.C10H12O5/c1-13(2,3)10-8-9-6-4-5-7-11(9)14-12(10)15;1-2-3-5-6(10(14)15)4-7(11)9(13)8(5)12/h4-8H,1-3H3,(H,14,15);4,11-13H,2-3H2,1H3,(H,14,15). The molecule has 0 aliphatic rings. The summed E-state index contributed by atoms with van der Waals surface area (Å²) >= 11 is 0. The zero-order valence-corrected chi connectivity index (χ0v) is 17.5. The molecule has 0 spiro atoms. The van der Waals surface area contributed by atoms with Crippen LogP contribution in [0.2, 0.25) is 0 Å². The number of carboxylic acids is 1. The SMILES string of the molecule is CC(C)(C)c1cc2ccccc2[nH]c1=O.CCCc1c(C(=O)O)cc(O)c(O)c1O. The maximum atomic E-state index is 11.8. The van der Waals surface area contributed by atoms with Gasteiger partial charge in [0.2, 0.25) is 5.75 Å². The molecule has 5 N–H and O–H groups in total. The third-order valence-corrected chi connectivity index (χ3v) is 4.65. The van der Waals surface area contributed by atoms with E-state index in [0.717, 1.165) is 22.5 Å². The van der Waals surface area contributed by atoms with Crippen LogP contribution in [-0.4, -0.2) is 31.4 Å². The molecule has 2 aromatic carbocycles. The van der Waals surface area contributed by atoms with Crippen molar-refractivity contribution < 1.29 is 25.2 Å². The van der Waals surface area contributed by atoms with Crippen LogP contribution in [-0.2, 0) is 11.8 Å². The van der Waals surface area contributed by atoms with Crippen LogP contribution in [0, 0.1) is 0 Å². The molecule has 160 valence electrons. The third-order valence-electron chi connectivity index (χ3n) is 4.65. The fourth-order valence-electron chi connectivity index (χ4n) is 3.08. The molecule has 0 unspecified atom stereocenters. The second-order valence-corrected chi connectivity index (χ2v) is 8.02. The van der Waals surface area contributed by atoms with Gasteiger partial charge in [-0.05, 0) is 35.4 Å². The predicted molar refractivity (Wildman–Crippen MR) is 116 cm³/mol. The first-order valence-corrected chi connectivity index (χ1v) is 9.60. The molecule has 0 aliphatic heterocycles. The number of phenolic OH excluding ortho intramolecular Hbond substituents is 3. The van der Waals surface area contributed by atoms with E-state index in [4.69, 9.17) is 10.2 Å². The molecule has 1 aromatic heterocycles. The number of aromatic hydroxyl groups is 3. The predicted octanol–water partition coefficient (Wildman–Crippen LogP) is 4.28. The lowest BCUT2D eigenvalue weighted by Crippen LogP contribution is -2.24. The minimum Gasteiger partial charge on any atom is -0.504 e. The van der Waals surface area contributed by atoms with E-state index in [1.165, 1.54) is 0 Å². The summed E-state index contributed by atoms with van der Waals surface area (Å²) in [6, 6.07) is 10.8. The largest absolute Gasteiger partial charge is 0.504 e. The quantitative estimate of drug-likeness (QED) is 0.407. The van der Waals surface area contributed by atoms with Gasteiger partial charge in [0.25, 0.3) is 5.56 Å². The Balaban J connectivity index is 0.000000214. The average molecular weight is 413 g/mol. The van der Waals surface area contributed by atoms with Crippen molar-refractivity contribution in [3.8, 4) is 17.2 Å². The van der Waals surface area contributed by atoms with E-state index in [-0.39, 0.29) is 22.1 Å². The van der Waals surface area contributed by atoms with Crippen molar-refractivity contribution in [2.45, 2.75) is 46.0 Å². The Morgan fingerprint density at radius 1 is 1.03 bits per heavy atom. The molecule has 0 saturated heterocycles. The summed E-state index contributed by atoms with van der Waals surface area (Å²) in [5.74, 6) is -3.12. The highest BCUT2D eigenvalue weighted by Gasteiger charge is 2.20. The number of aromatic carboxylic acids is 1. The van der Waals surface area contributed by atoms with Gasteiger partial charge in [-0.15, -0.1) is 0 Å². The first kappa shape index (κ1) is 22.8. The summed E-state index contributed by atoms with van der Waals surface area (Å²) < 4.78 is 0. The van der Waals surface area contributed by atoms with Gasteiger partial charge in [-0.2, -0.15) is 0 Å². The van der Waals surface area contributed by atoms with E-state index < -0.39 is 23.2 Å². The summed E-state index contributed by atoms with van der Waals surface area (Å²) in [7, 11) is 0. The average Bonchev–Trinajstić information content (AvgIpc) is 2.67. The number of carboxylic acid groups (broad SMARTS) is 1. The van der Waals surface area contributed by atoms with Gasteiger partial charge in [0, 0.05) is 16.6 Å². The Hall–Kier alpha value is -3.48. The fraction of sp³-hybridized carbons (Fsp3) is 0.304. The number of nitrogens with one attached hydrogen (secondary N) is 1. The number of hydrogen-bond acceptors (Lipinski definition) is 5. The molecule has 0 bridgehead atoms. The zero-order chi connectivity index (χ0) is 22.6. The lowest BCUT2D eigenvalue weighted by Gasteiger charge is -2.17. The summed E-state index contributed by atoms with van der Waals surface area (Å²) in [6.07, 6.45) is 0.944. The van der Waals surface area contributed by atoms with Gasteiger partial charge < -0.3 is 25.4 Å². The second-order valence-electron chi connectivity index (χ2n) is 8.02.